The summed E-state index contributed by atoms with van der Waals surface area (Å²) in [4.78, 5) is 23.3. The van der Waals surface area contributed by atoms with E-state index in [-0.39, 0.29) is 4.74 Å². The van der Waals surface area contributed by atoms with Gasteiger partial charge in [0.15, 0.2) is 0 Å². The van der Waals surface area contributed by atoms with Gasteiger partial charge < -0.3 is 0 Å². The number of unbranched alkanes of at least 4 members (excludes halogenated alkanes) is 6. The number of thioether (sulfide) groups is 1. The van der Waals surface area contributed by atoms with Crippen LogP contribution in [0.4, 0.5) is 0 Å². The Labute approximate surface area is 190 Å². The van der Waals surface area contributed by atoms with Gasteiger partial charge in [-0.05, 0) is 85.6 Å². The van der Waals surface area contributed by atoms with Crippen molar-refractivity contribution in [3.8, 4) is 0 Å². The van der Waals surface area contributed by atoms with E-state index in [1.54, 1.807) is 0 Å². The molecule has 2 aromatic rings. The molecule has 166 valence electrons. The van der Waals surface area contributed by atoms with Gasteiger partial charge in [0, 0.05) is 23.6 Å². The SMILES string of the molecule is CCC(=O)CCCCCCSCCCCCCc1cc(=O)sc2cc(C)c(C)cc12. The number of aryl methyl sites for hydroxylation is 3. The van der Waals surface area contributed by atoms with E-state index in [0.29, 0.717) is 12.2 Å². The summed E-state index contributed by atoms with van der Waals surface area (Å²) in [6.07, 6.45) is 12.3. The summed E-state index contributed by atoms with van der Waals surface area (Å²) in [5.41, 5.74) is 3.80. The molecule has 0 saturated heterocycles. The molecule has 2 nitrogen and oxygen atoms in total. The van der Waals surface area contributed by atoms with Crippen LogP contribution in [0.1, 0.15) is 87.8 Å². The third-order valence-electron chi connectivity index (χ3n) is 5.82. The minimum Gasteiger partial charge on any atom is -0.300 e. The number of ketones is 1. The van der Waals surface area contributed by atoms with Gasteiger partial charge in [-0.3, -0.25) is 9.59 Å². The number of benzene rings is 1. The molecule has 1 heterocycles. The molecule has 30 heavy (non-hydrogen) atoms. The lowest BCUT2D eigenvalue weighted by Crippen LogP contribution is -1.98. The molecule has 0 aliphatic rings. The second-order valence-corrected chi connectivity index (χ2v) is 10.6. The van der Waals surface area contributed by atoms with Crippen molar-refractivity contribution < 1.29 is 4.79 Å². The average molecular weight is 447 g/mol. The number of hydrogen-bond donors (Lipinski definition) is 0. The van der Waals surface area contributed by atoms with Crippen LogP contribution in [0.15, 0.2) is 23.0 Å². The predicted octanol–water partition coefficient (Wildman–Crippen LogP) is 7.64. The van der Waals surface area contributed by atoms with Crippen LogP contribution in [-0.2, 0) is 11.2 Å². The normalized spacial score (nSPS) is 11.3. The topological polar surface area (TPSA) is 34.1 Å². The summed E-state index contributed by atoms with van der Waals surface area (Å²) in [7, 11) is 0. The van der Waals surface area contributed by atoms with Crippen molar-refractivity contribution in [1.82, 2.24) is 0 Å². The molecule has 1 aromatic carbocycles. The Kier molecular flexibility index (Phi) is 11.8. The van der Waals surface area contributed by atoms with Crippen molar-refractivity contribution in [2.75, 3.05) is 11.5 Å². The van der Waals surface area contributed by atoms with Crippen LogP contribution >= 0.6 is 23.1 Å². The maximum atomic E-state index is 12.1. The highest BCUT2D eigenvalue weighted by atomic mass is 32.2. The maximum Gasteiger partial charge on any atom is 0.233 e. The van der Waals surface area contributed by atoms with Crippen LogP contribution in [0, 0.1) is 13.8 Å². The Bertz CT molecular complexity index is 854. The van der Waals surface area contributed by atoms with Gasteiger partial charge in [-0.1, -0.05) is 50.0 Å². The zero-order chi connectivity index (χ0) is 21.8. The maximum absolute atomic E-state index is 12.1. The zero-order valence-electron chi connectivity index (χ0n) is 19.1. The van der Waals surface area contributed by atoms with Crippen LogP contribution in [0.5, 0.6) is 0 Å². The lowest BCUT2D eigenvalue weighted by molar-refractivity contribution is -0.118. The van der Waals surface area contributed by atoms with Gasteiger partial charge in [0.2, 0.25) is 4.74 Å². The molecule has 0 fully saturated rings. The molecule has 0 saturated carbocycles. The molecular formula is C26H38O2S2. The van der Waals surface area contributed by atoms with Gasteiger partial charge in [-0.2, -0.15) is 11.8 Å². The zero-order valence-corrected chi connectivity index (χ0v) is 20.7. The molecular weight excluding hydrogens is 408 g/mol. The Morgan fingerprint density at radius 1 is 0.867 bits per heavy atom. The summed E-state index contributed by atoms with van der Waals surface area (Å²) in [6, 6.07) is 6.28. The van der Waals surface area contributed by atoms with Crippen molar-refractivity contribution in [3.05, 3.63) is 44.4 Å². The Hall–Kier alpha value is -1.13. The van der Waals surface area contributed by atoms with Gasteiger partial charge in [0.1, 0.15) is 5.78 Å². The number of carbonyl (C=O) groups excluding carboxylic acids is 1. The molecule has 0 radical (unpaired) electrons. The third kappa shape index (κ3) is 8.93. The lowest BCUT2D eigenvalue weighted by atomic mass is 10.0. The number of carbonyl (C=O) groups is 1. The molecule has 0 N–H and O–H groups in total. The third-order valence-corrected chi connectivity index (χ3v) is 7.85. The summed E-state index contributed by atoms with van der Waals surface area (Å²) in [5.74, 6) is 2.92. The first-order chi connectivity index (χ1) is 14.5. The Balaban J connectivity index is 1.56. The van der Waals surface area contributed by atoms with E-state index in [1.807, 2.05) is 13.0 Å². The van der Waals surface area contributed by atoms with E-state index in [2.05, 4.69) is 37.7 Å². The van der Waals surface area contributed by atoms with Gasteiger partial charge in [0.05, 0.1) is 0 Å². The summed E-state index contributed by atoms with van der Waals surface area (Å²) < 4.78 is 1.31. The quantitative estimate of drug-likeness (QED) is 0.264. The minimum absolute atomic E-state index is 0.175. The van der Waals surface area contributed by atoms with E-state index >= 15 is 0 Å². The molecule has 0 spiro atoms. The molecule has 0 amide bonds. The van der Waals surface area contributed by atoms with Crippen molar-refractivity contribution in [1.29, 1.82) is 0 Å². The highest BCUT2D eigenvalue weighted by Gasteiger charge is 2.06. The van der Waals surface area contributed by atoms with E-state index in [0.717, 1.165) is 30.4 Å². The summed E-state index contributed by atoms with van der Waals surface area (Å²) in [5, 5.41) is 1.28. The van der Waals surface area contributed by atoms with E-state index < -0.39 is 0 Å². The highest BCUT2D eigenvalue weighted by Crippen LogP contribution is 2.25. The molecule has 0 aliphatic carbocycles. The number of fused-ring (bicyclic) bond motifs is 1. The molecule has 0 unspecified atom stereocenters. The lowest BCUT2D eigenvalue weighted by Gasteiger charge is -2.09. The fourth-order valence-electron chi connectivity index (χ4n) is 3.72. The Morgan fingerprint density at radius 2 is 1.50 bits per heavy atom. The minimum atomic E-state index is 0.175. The molecule has 0 atom stereocenters. The molecule has 2 rings (SSSR count). The standard InChI is InChI=1S/C26H38O2S2/c1-4-23(27)14-10-6-8-12-16-29-15-11-7-5-9-13-22-19-26(28)30-25-18-21(3)20(2)17-24(22)25/h17-19H,4-16H2,1-3H3. The van der Waals surface area contributed by atoms with E-state index in [4.69, 9.17) is 0 Å². The monoisotopic (exact) mass is 446 g/mol. The first-order valence-corrected chi connectivity index (χ1v) is 13.6. The average Bonchev–Trinajstić information content (AvgIpc) is 2.72. The van der Waals surface area contributed by atoms with E-state index in [9.17, 15) is 9.59 Å². The van der Waals surface area contributed by atoms with Crippen molar-refractivity contribution in [3.63, 3.8) is 0 Å². The Morgan fingerprint density at radius 3 is 2.20 bits per heavy atom. The molecule has 0 aliphatic heterocycles. The first kappa shape index (κ1) is 25.1. The van der Waals surface area contributed by atoms with Crippen molar-refractivity contribution in [2.45, 2.75) is 91.4 Å². The van der Waals surface area contributed by atoms with Crippen LogP contribution < -0.4 is 4.74 Å². The summed E-state index contributed by atoms with van der Waals surface area (Å²) in [6.45, 7) is 6.22. The first-order valence-electron chi connectivity index (χ1n) is 11.6. The second-order valence-electron chi connectivity index (χ2n) is 8.36. The highest BCUT2D eigenvalue weighted by molar-refractivity contribution is 7.99. The van der Waals surface area contributed by atoms with Gasteiger partial charge in [-0.15, -0.1) is 0 Å². The van der Waals surface area contributed by atoms with Crippen molar-refractivity contribution >= 4 is 39.0 Å². The van der Waals surface area contributed by atoms with Crippen LogP contribution in [0.2, 0.25) is 0 Å². The smallest absolute Gasteiger partial charge is 0.233 e. The molecule has 1 aromatic heterocycles. The molecule has 4 heteroatoms. The van der Waals surface area contributed by atoms with Crippen LogP contribution in [0.25, 0.3) is 10.1 Å². The van der Waals surface area contributed by atoms with Crippen molar-refractivity contribution in [2.24, 2.45) is 0 Å². The number of Topliss-reactive ketones (excluding diaryl/α,β-unsaturated/α-hetero) is 1. The van der Waals surface area contributed by atoms with Crippen LogP contribution in [0.3, 0.4) is 0 Å². The van der Waals surface area contributed by atoms with Gasteiger partial charge in [0.25, 0.3) is 0 Å². The predicted molar refractivity (Wildman–Crippen MR) is 135 cm³/mol. The molecule has 0 bridgehead atoms. The number of rotatable bonds is 15. The fraction of sp³-hybridized carbons (Fsp3) is 0.615. The van der Waals surface area contributed by atoms with Gasteiger partial charge >= 0.3 is 0 Å². The second kappa shape index (κ2) is 14.0. The number of hydrogen-bond acceptors (Lipinski definition) is 4. The van der Waals surface area contributed by atoms with Crippen LogP contribution in [-0.4, -0.2) is 17.3 Å². The van der Waals surface area contributed by atoms with E-state index in [1.165, 1.54) is 83.4 Å². The largest absolute Gasteiger partial charge is 0.300 e. The fourth-order valence-corrected chi connectivity index (χ4v) is 5.70. The van der Waals surface area contributed by atoms with Gasteiger partial charge in [-0.25, -0.2) is 0 Å². The summed E-state index contributed by atoms with van der Waals surface area (Å²) >= 11 is 3.44.